The summed E-state index contributed by atoms with van der Waals surface area (Å²) in [6.07, 6.45) is 1.58. The number of nitrogens with zero attached hydrogens (tertiary/aromatic N) is 1. The van der Waals surface area contributed by atoms with Gasteiger partial charge in [0.25, 0.3) is 5.91 Å². The SMILES string of the molecule is CC#CC(=O)N1CCCC(c2c(F)cc(CC(N)=O)c3[nH]c(C)c(C)c23)C1. The van der Waals surface area contributed by atoms with Crippen LogP contribution in [-0.4, -0.2) is 34.8 Å². The molecule has 1 unspecified atom stereocenters. The Kier molecular flexibility index (Phi) is 5.22. The van der Waals surface area contributed by atoms with Crippen molar-refractivity contribution in [2.75, 3.05) is 13.1 Å². The molecule has 0 bridgehead atoms. The van der Waals surface area contributed by atoms with E-state index in [1.54, 1.807) is 11.8 Å². The molecule has 0 spiro atoms. The van der Waals surface area contributed by atoms with Gasteiger partial charge < -0.3 is 15.6 Å². The first-order valence-electron chi connectivity index (χ1n) is 9.13. The van der Waals surface area contributed by atoms with E-state index in [0.29, 0.717) is 24.2 Å². The van der Waals surface area contributed by atoms with E-state index in [1.807, 2.05) is 13.8 Å². The molecule has 1 aliphatic rings. The van der Waals surface area contributed by atoms with Crippen molar-refractivity contribution in [3.63, 3.8) is 0 Å². The van der Waals surface area contributed by atoms with Crippen LogP contribution in [0.4, 0.5) is 4.39 Å². The summed E-state index contributed by atoms with van der Waals surface area (Å²) in [5.74, 6) is 4.03. The molecule has 1 aliphatic heterocycles. The molecule has 27 heavy (non-hydrogen) atoms. The molecule has 1 aromatic heterocycles. The van der Waals surface area contributed by atoms with Crippen LogP contribution in [-0.2, 0) is 16.0 Å². The van der Waals surface area contributed by atoms with Gasteiger partial charge in [0.1, 0.15) is 5.82 Å². The predicted molar refractivity (Wildman–Crippen MR) is 103 cm³/mol. The number of carbonyl (C=O) groups excluding carboxylic acids is 2. The van der Waals surface area contributed by atoms with Crippen LogP contribution in [0.5, 0.6) is 0 Å². The van der Waals surface area contributed by atoms with E-state index in [9.17, 15) is 9.59 Å². The highest BCUT2D eigenvalue weighted by Crippen LogP contribution is 2.38. The van der Waals surface area contributed by atoms with Crippen molar-refractivity contribution < 1.29 is 14.0 Å². The van der Waals surface area contributed by atoms with Gasteiger partial charge in [0.2, 0.25) is 5.91 Å². The third-order valence-corrected chi connectivity index (χ3v) is 5.36. The van der Waals surface area contributed by atoms with Crippen LogP contribution in [0.3, 0.4) is 0 Å². The van der Waals surface area contributed by atoms with Crippen molar-refractivity contribution in [3.05, 3.63) is 34.3 Å². The lowest BCUT2D eigenvalue weighted by Gasteiger charge is -2.32. The highest BCUT2D eigenvalue weighted by Gasteiger charge is 2.29. The number of fused-ring (bicyclic) bond motifs is 1. The van der Waals surface area contributed by atoms with Crippen LogP contribution < -0.4 is 5.73 Å². The Morgan fingerprint density at radius 3 is 2.81 bits per heavy atom. The lowest BCUT2D eigenvalue weighted by atomic mass is 9.85. The Labute approximate surface area is 158 Å². The number of benzene rings is 1. The number of hydrogen-bond donors (Lipinski definition) is 2. The van der Waals surface area contributed by atoms with Gasteiger partial charge in [-0.25, -0.2) is 4.39 Å². The standard InChI is InChI=1S/C21H24FN3O2/c1-4-6-18(27)25-8-5-7-14(11-25)20-16(22)9-15(10-17(23)26)21-19(20)12(2)13(3)24-21/h9,14,24H,5,7-8,10-11H2,1-3H3,(H2,23,26). The number of H-pyrrole nitrogens is 1. The Hall–Kier alpha value is -2.81. The first-order valence-corrected chi connectivity index (χ1v) is 9.13. The minimum atomic E-state index is -0.499. The fourth-order valence-corrected chi connectivity index (χ4v) is 4.03. The number of nitrogens with one attached hydrogen (secondary N) is 1. The number of halogens is 1. The number of primary amides is 1. The first kappa shape index (κ1) is 19.0. The number of piperidine rings is 1. The van der Waals surface area contributed by atoms with E-state index < -0.39 is 5.91 Å². The van der Waals surface area contributed by atoms with E-state index in [2.05, 4.69) is 16.8 Å². The number of carbonyl (C=O) groups is 2. The number of hydrogen-bond acceptors (Lipinski definition) is 2. The molecule has 142 valence electrons. The number of aromatic nitrogens is 1. The normalized spacial score (nSPS) is 16.9. The summed E-state index contributed by atoms with van der Waals surface area (Å²) in [6.45, 7) is 6.59. The van der Waals surface area contributed by atoms with Crippen LogP contribution in [0.15, 0.2) is 6.07 Å². The summed E-state index contributed by atoms with van der Waals surface area (Å²) in [5.41, 5.74) is 9.17. The summed E-state index contributed by atoms with van der Waals surface area (Å²) in [7, 11) is 0. The van der Waals surface area contributed by atoms with Crippen molar-refractivity contribution in [2.24, 2.45) is 5.73 Å². The molecule has 3 rings (SSSR count). The van der Waals surface area contributed by atoms with Gasteiger partial charge in [-0.2, -0.15) is 0 Å². The molecule has 0 saturated carbocycles. The summed E-state index contributed by atoms with van der Waals surface area (Å²) < 4.78 is 15.2. The van der Waals surface area contributed by atoms with Gasteiger partial charge >= 0.3 is 0 Å². The topological polar surface area (TPSA) is 79.2 Å². The fraction of sp³-hybridized carbons (Fsp3) is 0.429. The minimum absolute atomic E-state index is 0.0194. The van der Waals surface area contributed by atoms with E-state index in [4.69, 9.17) is 5.73 Å². The number of likely N-dealkylation sites (tertiary alicyclic amines) is 1. The fourth-order valence-electron chi connectivity index (χ4n) is 4.03. The van der Waals surface area contributed by atoms with E-state index in [0.717, 1.165) is 35.0 Å². The van der Waals surface area contributed by atoms with Crippen molar-refractivity contribution in [1.29, 1.82) is 0 Å². The van der Waals surface area contributed by atoms with E-state index in [-0.39, 0.29) is 24.1 Å². The molecular weight excluding hydrogens is 345 g/mol. The van der Waals surface area contributed by atoms with Crippen LogP contribution >= 0.6 is 0 Å². The Bertz CT molecular complexity index is 981. The van der Waals surface area contributed by atoms with Crippen molar-refractivity contribution in [3.8, 4) is 11.8 Å². The largest absolute Gasteiger partial charge is 0.369 e. The zero-order chi connectivity index (χ0) is 19.7. The molecular formula is C21H24FN3O2. The molecule has 1 saturated heterocycles. The quantitative estimate of drug-likeness (QED) is 0.816. The number of amides is 2. The van der Waals surface area contributed by atoms with E-state index in [1.165, 1.54) is 6.07 Å². The Morgan fingerprint density at radius 2 is 2.15 bits per heavy atom. The van der Waals surface area contributed by atoms with Crippen LogP contribution in [0.25, 0.3) is 10.9 Å². The van der Waals surface area contributed by atoms with Gasteiger partial charge in [0, 0.05) is 35.7 Å². The number of aryl methyl sites for hydroxylation is 2. The van der Waals surface area contributed by atoms with Crippen molar-refractivity contribution in [1.82, 2.24) is 9.88 Å². The molecule has 2 amide bonds. The van der Waals surface area contributed by atoms with Gasteiger partial charge in [-0.3, -0.25) is 9.59 Å². The molecule has 0 aliphatic carbocycles. The highest BCUT2D eigenvalue weighted by atomic mass is 19.1. The van der Waals surface area contributed by atoms with Crippen molar-refractivity contribution >= 4 is 22.7 Å². The molecule has 3 N–H and O–H groups in total. The van der Waals surface area contributed by atoms with Crippen molar-refractivity contribution in [2.45, 2.75) is 46.0 Å². The molecule has 6 heteroatoms. The summed E-state index contributed by atoms with van der Waals surface area (Å²) in [5, 5.41) is 0.810. The maximum absolute atomic E-state index is 15.2. The van der Waals surface area contributed by atoms with Gasteiger partial charge in [0.05, 0.1) is 11.9 Å². The average molecular weight is 369 g/mol. The third kappa shape index (κ3) is 3.55. The van der Waals surface area contributed by atoms with Gasteiger partial charge in [-0.1, -0.05) is 5.92 Å². The Morgan fingerprint density at radius 1 is 1.41 bits per heavy atom. The zero-order valence-electron chi connectivity index (χ0n) is 15.9. The Balaban J connectivity index is 2.11. The van der Waals surface area contributed by atoms with E-state index >= 15 is 4.39 Å². The third-order valence-electron chi connectivity index (χ3n) is 5.36. The van der Waals surface area contributed by atoms with Crippen LogP contribution in [0, 0.1) is 31.5 Å². The van der Waals surface area contributed by atoms with Gasteiger partial charge in [-0.15, -0.1) is 0 Å². The van der Waals surface area contributed by atoms with Gasteiger partial charge in [-0.05, 0) is 56.7 Å². The molecule has 5 nitrogen and oxygen atoms in total. The molecule has 0 radical (unpaired) electrons. The number of rotatable bonds is 3. The monoisotopic (exact) mass is 369 g/mol. The summed E-state index contributed by atoms with van der Waals surface area (Å²) >= 11 is 0. The predicted octanol–water partition coefficient (Wildman–Crippen LogP) is 2.68. The van der Waals surface area contributed by atoms with Crippen LogP contribution in [0.1, 0.15) is 48.1 Å². The smallest absolute Gasteiger partial charge is 0.298 e. The zero-order valence-corrected chi connectivity index (χ0v) is 15.9. The first-order chi connectivity index (χ1) is 12.8. The lowest BCUT2D eigenvalue weighted by molar-refractivity contribution is -0.126. The summed E-state index contributed by atoms with van der Waals surface area (Å²) in [6, 6.07) is 1.41. The van der Waals surface area contributed by atoms with Crippen LogP contribution in [0.2, 0.25) is 0 Å². The van der Waals surface area contributed by atoms with Gasteiger partial charge in [0.15, 0.2) is 0 Å². The lowest BCUT2D eigenvalue weighted by Crippen LogP contribution is -2.38. The minimum Gasteiger partial charge on any atom is -0.369 e. The maximum atomic E-state index is 15.2. The average Bonchev–Trinajstić information content (AvgIpc) is 2.91. The highest BCUT2D eigenvalue weighted by molar-refractivity contribution is 5.95. The second kappa shape index (κ2) is 7.43. The number of nitrogens with two attached hydrogens (primary N) is 1. The maximum Gasteiger partial charge on any atom is 0.298 e. The molecule has 1 aromatic carbocycles. The molecule has 2 heterocycles. The molecule has 1 atom stereocenters. The second-order valence-corrected chi connectivity index (χ2v) is 7.16. The second-order valence-electron chi connectivity index (χ2n) is 7.16. The summed E-state index contributed by atoms with van der Waals surface area (Å²) in [4.78, 5) is 28.6. The molecule has 2 aromatic rings. The number of aromatic amines is 1. The molecule has 1 fully saturated rings.